The van der Waals surface area contributed by atoms with Crippen LogP contribution in [-0.4, -0.2) is 49.6 Å². The first kappa shape index (κ1) is 22.5. The molecule has 2 aliphatic rings. The molecule has 5 nitrogen and oxygen atoms in total. The molecule has 0 aromatic heterocycles. The zero-order valence-corrected chi connectivity index (χ0v) is 19.8. The third-order valence-corrected chi connectivity index (χ3v) is 6.96. The Morgan fingerprint density at radius 2 is 1.84 bits per heavy atom. The maximum atomic E-state index is 12.6. The number of anilines is 2. The molecule has 2 atom stereocenters. The van der Waals surface area contributed by atoms with Gasteiger partial charge in [0.1, 0.15) is 0 Å². The van der Waals surface area contributed by atoms with E-state index in [1.165, 1.54) is 0 Å². The van der Waals surface area contributed by atoms with Crippen LogP contribution in [0.3, 0.4) is 0 Å². The normalized spacial score (nSPS) is 20.1. The van der Waals surface area contributed by atoms with Gasteiger partial charge in [-0.3, -0.25) is 4.79 Å². The van der Waals surface area contributed by atoms with Crippen molar-refractivity contribution in [3.8, 4) is 0 Å². The van der Waals surface area contributed by atoms with Gasteiger partial charge in [-0.1, -0.05) is 40.9 Å². The minimum Gasteiger partial charge on any atom is -0.377 e. The number of nitrogens with zero attached hydrogens (tertiary/aromatic N) is 2. The van der Waals surface area contributed by atoms with Crippen molar-refractivity contribution in [3.63, 3.8) is 0 Å². The van der Waals surface area contributed by atoms with Crippen LogP contribution < -0.4 is 15.5 Å². The van der Waals surface area contributed by atoms with E-state index in [-0.39, 0.29) is 18.0 Å². The van der Waals surface area contributed by atoms with Crippen LogP contribution in [0.5, 0.6) is 0 Å². The molecule has 1 amide bonds. The zero-order chi connectivity index (χ0) is 22.0. The number of rotatable bonds is 5. The van der Waals surface area contributed by atoms with Crippen molar-refractivity contribution in [3.05, 3.63) is 57.0 Å². The lowest BCUT2D eigenvalue weighted by molar-refractivity contribution is -0.133. The minimum atomic E-state index is -0.0362. The maximum absolute atomic E-state index is 12.6. The van der Waals surface area contributed by atoms with Gasteiger partial charge < -0.3 is 20.4 Å². The molecule has 2 N–H and O–H groups in total. The fourth-order valence-electron chi connectivity index (χ4n) is 4.28. The Morgan fingerprint density at radius 1 is 1.06 bits per heavy atom. The first-order chi connectivity index (χ1) is 14.9. The largest absolute Gasteiger partial charge is 0.377 e. The second-order valence-corrected chi connectivity index (χ2v) is 9.41. The van der Waals surface area contributed by atoms with Gasteiger partial charge in [-0.15, -0.1) is 0 Å². The molecule has 0 radical (unpaired) electrons. The average Bonchev–Trinajstić information content (AvgIpc) is 3.30. The van der Waals surface area contributed by atoms with Crippen LogP contribution in [0, 0.1) is 0 Å². The van der Waals surface area contributed by atoms with Gasteiger partial charge in [0.25, 0.3) is 0 Å². The maximum Gasteiger partial charge on any atom is 0.239 e. The Balaban J connectivity index is 1.41. The van der Waals surface area contributed by atoms with Crippen LogP contribution in [0.2, 0.25) is 15.1 Å². The number of benzene rings is 2. The van der Waals surface area contributed by atoms with Gasteiger partial charge in [-0.2, -0.15) is 0 Å². The summed E-state index contributed by atoms with van der Waals surface area (Å²) in [7, 11) is 0. The van der Waals surface area contributed by atoms with Gasteiger partial charge in [-0.25, -0.2) is 0 Å². The molecule has 0 bridgehead atoms. The Bertz CT molecular complexity index is 940. The molecule has 0 aliphatic carbocycles. The molecule has 2 aliphatic heterocycles. The van der Waals surface area contributed by atoms with Crippen LogP contribution >= 0.6 is 34.8 Å². The topological polar surface area (TPSA) is 47.6 Å². The molecule has 2 aromatic rings. The quantitative estimate of drug-likeness (QED) is 0.615. The summed E-state index contributed by atoms with van der Waals surface area (Å²) in [6.45, 7) is 6.06. The summed E-state index contributed by atoms with van der Waals surface area (Å²) in [6.07, 6.45) is 2.03. The number of hydrogen-bond donors (Lipinski definition) is 2. The third kappa shape index (κ3) is 5.23. The van der Waals surface area contributed by atoms with E-state index in [0.29, 0.717) is 15.1 Å². The molecule has 0 saturated carbocycles. The summed E-state index contributed by atoms with van der Waals surface area (Å²) in [4.78, 5) is 16.9. The van der Waals surface area contributed by atoms with Crippen LogP contribution in [0.25, 0.3) is 0 Å². The molecule has 2 fully saturated rings. The van der Waals surface area contributed by atoms with Crippen LogP contribution in [0.15, 0.2) is 36.4 Å². The van der Waals surface area contributed by atoms with Gasteiger partial charge in [0, 0.05) is 41.9 Å². The van der Waals surface area contributed by atoms with Gasteiger partial charge in [0.2, 0.25) is 5.91 Å². The fraction of sp³-hybridized carbons (Fsp3) is 0.435. The average molecular weight is 482 g/mol. The van der Waals surface area contributed by atoms with Crippen molar-refractivity contribution < 1.29 is 4.79 Å². The van der Waals surface area contributed by atoms with E-state index in [1.807, 2.05) is 36.1 Å². The smallest absolute Gasteiger partial charge is 0.239 e. The van der Waals surface area contributed by atoms with Gasteiger partial charge >= 0.3 is 0 Å². The molecule has 8 heteroatoms. The number of carbonyl (C=O) groups is 1. The van der Waals surface area contributed by atoms with Crippen LogP contribution in [0.4, 0.5) is 11.4 Å². The highest BCUT2D eigenvalue weighted by Gasteiger charge is 2.29. The Kier molecular flexibility index (Phi) is 7.17. The number of hydrogen-bond acceptors (Lipinski definition) is 4. The van der Waals surface area contributed by atoms with E-state index in [9.17, 15) is 4.79 Å². The highest BCUT2D eigenvalue weighted by Crippen LogP contribution is 2.33. The predicted molar refractivity (Wildman–Crippen MR) is 130 cm³/mol. The monoisotopic (exact) mass is 480 g/mol. The number of carbonyl (C=O) groups excluding carboxylic acids is 1. The van der Waals surface area contributed by atoms with E-state index >= 15 is 0 Å². The number of piperazine rings is 1. The fourth-order valence-corrected chi connectivity index (χ4v) is 5.03. The molecule has 31 heavy (non-hydrogen) atoms. The van der Waals surface area contributed by atoms with Gasteiger partial charge in [0.05, 0.1) is 22.8 Å². The molecule has 2 unspecified atom stereocenters. The highest BCUT2D eigenvalue weighted by atomic mass is 35.5. The number of amides is 1. The first-order valence-electron chi connectivity index (χ1n) is 10.7. The summed E-state index contributed by atoms with van der Waals surface area (Å²) in [5, 5.41) is 8.67. The predicted octanol–water partition coefficient (Wildman–Crippen LogP) is 5.22. The molecule has 2 aromatic carbocycles. The molecule has 4 rings (SSSR count). The molecular formula is C23H27Cl3N4O. The first-order valence-corrected chi connectivity index (χ1v) is 11.8. The summed E-state index contributed by atoms with van der Waals surface area (Å²) in [6, 6.07) is 11.5. The zero-order valence-electron chi connectivity index (χ0n) is 17.5. The summed E-state index contributed by atoms with van der Waals surface area (Å²) < 4.78 is 0. The molecule has 2 heterocycles. The number of nitrogens with one attached hydrogen (secondary N) is 2. The van der Waals surface area contributed by atoms with Crippen molar-refractivity contribution in [1.82, 2.24) is 10.2 Å². The summed E-state index contributed by atoms with van der Waals surface area (Å²) in [5.74, 6) is 0.240. The van der Waals surface area contributed by atoms with Crippen LogP contribution in [-0.2, 0) is 4.79 Å². The van der Waals surface area contributed by atoms with E-state index in [1.54, 1.807) is 6.07 Å². The minimum absolute atomic E-state index is 0.000867. The summed E-state index contributed by atoms with van der Waals surface area (Å²) >= 11 is 18.9. The lowest BCUT2D eigenvalue weighted by Crippen LogP contribution is -2.53. The van der Waals surface area contributed by atoms with Crippen molar-refractivity contribution in [1.29, 1.82) is 0 Å². The number of halogens is 3. The van der Waals surface area contributed by atoms with Crippen molar-refractivity contribution in [2.24, 2.45) is 0 Å². The summed E-state index contributed by atoms with van der Waals surface area (Å²) in [5.41, 5.74) is 2.90. The van der Waals surface area contributed by atoms with E-state index < -0.39 is 0 Å². The highest BCUT2D eigenvalue weighted by molar-refractivity contribution is 6.35. The Labute approximate surface area is 198 Å². The Morgan fingerprint density at radius 3 is 2.52 bits per heavy atom. The van der Waals surface area contributed by atoms with Gasteiger partial charge in [-0.05, 0) is 62.2 Å². The Hall–Kier alpha value is -1.66. The van der Waals surface area contributed by atoms with Crippen molar-refractivity contribution in [2.45, 2.75) is 31.8 Å². The molecule has 166 valence electrons. The van der Waals surface area contributed by atoms with Crippen molar-refractivity contribution in [2.75, 3.05) is 42.9 Å². The van der Waals surface area contributed by atoms with Crippen LogP contribution in [0.1, 0.15) is 31.4 Å². The molecular weight excluding hydrogens is 455 g/mol. The second kappa shape index (κ2) is 9.86. The van der Waals surface area contributed by atoms with Gasteiger partial charge in [0.15, 0.2) is 0 Å². The second-order valence-electron chi connectivity index (χ2n) is 8.16. The van der Waals surface area contributed by atoms with Crippen molar-refractivity contribution >= 4 is 52.1 Å². The standard InChI is InChI=1S/C23H27Cl3N4O/c1-15(18-6-4-16(24)13-20(18)26)28-22-14-17(5-7-19(22)25)29-9-11-30(12-10-29)23(31)21-3-2-8-27-21/h4-7,13-15,21,27-28H,2-3,8-12H2,1H3. The lowest BCUT2D eigenvalue weighted by Gasteiger charge is -2.37. The van der Waals surface area contributed by atoms with E-state index in [2.05, 4.69) is 21.6 Å². The van der Waals surface area contributed by atoms with E-state index in [0.717, 1.165) is 62.5 Å². The lowest BCUT2D eigenvalue weighted by atomic mass is 10.1. The molecule has 0 spiro atoms. The third-order valence-electron chi connectivity index (χ3n) is 6.07. The van der Waals surface area contributed by atoms with E-state index in [4.69, 9.17) is 34.8 Å². The molecule has 2 saturated heterocycles. The SMILES string of the molecule is CC(Nc1cc(N2CCN(C(=O)C3CCCN3)CC2)ccc1Cl)c1ccc(Cl)cc1Cl.